The first-order valence-corrected chi connectivity index (χ1v) is 9.84. The number of rotatable bonds is 7. The Balaban J connectivity index is 1.66. The lowest BCUT2D eigenvalue weighted by atomic mass is 10.0. The number of carbonyl (C=O) groups excluding carboxylic acids is 1. The number of nitrogens with zero attached hydrogens (tertiary/aromatic N) is 3. The van der Waals surface area contributed by atoms with Crippen LogP contribution in [0.1, 0.15) is 25.0 Å². The first-order chi connectivity index (χ1) is 12.6. The molecule has 1 N–H and O–H groups in total. The summed E-state index contributed by atoms with van der Waals surface area (Å²) in [6, 6.07) is 16.3. The molecule has 0 saturated carbocycles. The molecule has 3 unspecified atom stereocenters. The molecular weight excluding hydrogens is 344 g/mol. The molecule has 6 heteroatoms. The summed E-state index contributed by atoms with van der Waals surface area (Å²) in [5.74, 6) is -0.0512. The number of carbonyl (C=O) groups is 1. The van der Waals surface area contributed by atoms with E-state index in [-0.39, 0.29) is 22.4 Å². The number of thioether (sulfide) groups is 1. The topological polar surface area (TPSA) is 61.1 Å². The normalized spacial score (nSPS) is 20.8. The van der Waals surface area contributed by atoms with E-state index in [1.54, 1.807) is 11.8 Å². The lowest BCUT2D eigenvalue weighted by Gasteiger charge is -2.24. The van der Waals surface area contributed by atoms with Crippen LogP contribution in [0.4, 0.5) is 5.69 Å². The quantitative estimate of drug-likeness (QED) is 0.813. The van der Waals surface area contributed by atoms with Crippen LogP contribution in [0.2, 0.25) is 0 Å². The van der Waals surface area contributed by atoms with Crippen molar-refractivity contribution in [1.82, 2.24) is 9.47 Å². The SMILES string of the molecule is CCN1C(=O)C(CNc2ccccc2)SC1CC(C#N)c1cccn1C. The van der Waals surface area contributed by atoms with Gasteiger partial charge in [0, 0.05) is 37.7 Å². The molecule has 1 aliphatic heterocycles. The number of aromatic nitrogens is 1. The molecule has 1 aromatic carbocycles. The van der Waals surface area contributed by atoms with Crippen molar-refractivity contribution >= 4 is 23.4 Å². The monoisotopic (exact) mass is 368 g/mol. The summed E-state index contributed by atoms with van der Waals surface area (Å²) in [5, 5.41) is 12.9. The molecule has 136 valence electrons. The van der Waals surface area contributed by atoms with Crippen molar-refractivity contribution in [2.24, 2.45) is 7.05 Å². The molecule has 1 saturated heterocycles. The van der Waals surface area contributed by atoms with Crippen molar-refractivity contribution in [1.29, 1.82) is 5.26 Å². The molecule has 0 radical (unpaired) electrons. The second-order valence-electron chi connectivity index (χ2n) is 6.41. The van der Waals surface area contributed by atoms with E-state index in [1.807, 2.05) is 72.1 Å². The number of amides is 1. The van der Waals surface area contributed by atoms with E-state index in [2.05, 4.69) is 11.4 Å². The van der Waals surface area contributed by atoms with Crippen LogP contribution in [0.3, 0.4) is 0 Å². The highest BCUT2D eigenvalue weighted by Gasteiger charge is 2.40. The summed E-state index contributed by atoms with van der Waals surface area (Å²) in [5.41, 5.74) is 2.02. The Morgan fingerprint density at radius 3 is 2.65 bits per heavy atom. The zero-order chi connectivity index (χ0) is 18.5. The van der Waals surface area contributed by atoms with Gasteiger partial charge in [-0.3, -0.25) is 4.79 Å². The van der Waals surface area contributed by atoms with Crippen LogP contribution < -0.4 is 5.32 Å². The summed E-state index contributed by atoms with van der Waals surface area (Å²) in [6.07, 6.45) is 2.61. The van der Waals surface area contributed by atoms with Gasteiger partial charge in [-0.05, 0) is 37.6 Å². The Morgan fingerprint density at radius 2 is 2.04 bits per heavy atom. The third-order valence-corrected chi connectivity index (χ3v) is 6.23. The van der Waals surface area contributed by atoms with Gasteiger partial charge in [-0.25, -0.2) is 0 Å². The van der Waals surface area contributed by atoms with Gasteiger partial charge < -0.3 is 14.8 Å². The fourth-order valence-electron chi connectivity index (χ4n) is 3.37. The predicted octanol–water partition coefficient (Wildman–Crippen LogP) is 3.42. The predicted molar refractivity (Wildman–Crippen MR) is 106 cm³/mol. The zero-order valence-corrected chi connectivity index (χ0v) is 15.9. The highest BCUT2D eigenvalue weighted by atomic mass is 32.2. The summed E-state index contributed by atoms with van der Waals surface area (Å²) >= 11 is 1.67. The van der Waals surface area contributed by atoms with Gasteiger partial charge in [0.1, 0.15) is 5.25 Å². The number of anilines is 1. The average Bonchev–Trinajstić information content (AvgIpc) is 3.21. The smallest absolute Gasteiger partial charge is 0.238 e. The van der Waals surface area contributed by atoms with Crippen molar-refractivity contribution in [3.63, 3.8) is 0 Å². The summed E-state index contributed by atoms with van der Waals surface area (Å²) < 4.78 is 1.99. The lowest BCUT2D eigenvalue weighted by molar-refractivity contribution is -0.129. The van der Waals surface area contributed by atoms with Crippen LogP contribution in [-0.2, 0) is 11.8 Å². The van der Waals surface area contributed by atoms with Crippen molar-refractivity contribution in [2.75, 3.05) is 18.4 Å². The summed E-state index contributed by atoms with van der Waals surface area (Å²) in [6.45, 7) is 3.27. The highest BCUT2D eigenvalue weighted by molar-refractivity contribution is 8.01. The lowest BCUT2D eigenvalue weighted by Crippen LogP contribution is -2.36. The van der Waals surface area contributed by atoms with Crippen LogP contribution in [0.15, 0.2) is 48.7 Å². The van der Waals surface area contributed by atoms with E-state index in [1.165, 1.54) is 0 Å². The standard InChI is InChI=1S/C20H24N4OS/c1-3-24-19(12-15(13-21)17-10-7-11-23(17)2)26-18(20(24)25)14-22-16-8-5-4-6-9-16/h4-11,15,18-19,22H,3,12,14H2,1-2H3. The Bertz CT molecular complexity index is 783. The Hall–Kier alpha value is -2.39. The molecule has 2 aromatic rings. The number of aryl methyl sites for hydroxylation is 1. The van der Waals surface area contributed by atoms with Gasteiger partial charge in [0.15, 0.2) is 0 Å². The van der Waals surface area contributed by atoms with Crippen LogP contribution in [0.5, 0.6) is 0 Å². The number of hydrogen-bond acceptors (Lipinski definition) is 4. The third-order valence-electron chi connectivity index (χ3n) is 4.77. The van der Waals surface area contributed by atoms with Crippen LogP contribution in [0.25, 0.3) is 0 Å². The Labute approximate surface area is 159 Å². The zero-order valence-electron chi connectivity index (χ0n) is 15.1. The molecule has 1 fully saturated rings. The first-order valence-electron chi connectivity index (χ1n) is 8.89. The number of para-hydroxylation sites is 1. The van der Waals surface area contributed by atoms with Crippen molar-refractivity contribution in [3.8, 4) is 6.07 Å². The van der Waals surface area contributed by atoms with E-state index >= 15 is 0 Å². The average molecular weight is 369 g/mol. The van der Waals surface area contributed by atoms with Crippen molar-refractivity contribution in [2.45, 2.75) is 29.9 Å². The minimum absolute atomic E-state index is 0.0367. The molecule has 1 aromatic heterocycles. The highest BCUT2D eigenvalue weighted by Crippen LogP contribution is 2.37. The Morgan fingerprint density at radius 1 is 1.27 bits per heavy atom. The largest absolute Gasteiger partial charge is 0.383 e. The molecular formula is C20H24N4OS. The fraction of sp³-hybridized carbons (Fsp3) is 0.400. The molecule has 5 nitrogen and oxygen atoms in total. The summed E-state index contributed by atoms with van der Waals surface area (Å²) in [7, 11) is 1.96. The molecule has 1 aliphatic rings. The van der Waals surface area contributed by atoms with Gasteiger partial charge in [-0.1, -0.05) is 18.2 Å². The number of nitrogens with one attached hydrogen (secondary N) is 1. The molecule has 3 rings (SSSR count). The van der Waals surface area contributed by atoms with Crippen LogP contribution in [0, 0.1) is 11.3 Å². The van der Waals surface area contributed by atoms with E-state index in [9.17, 15) is 10.1 Å². The van der Waals surface area contributed by atoms with E-state index in [0.717, 1.165) is 11.4 Å². The van der Waals surface area contributed by atoms with Gasteiger partial charge in [0.2, 0.25) is 5.91 Å². The first kappa shape index (κ1) is 18.4. The molecule has 0 aliphatic carbocycles. The van der Waals surface area contributed by atoms with Crippen LogP contribution in [-0.4, -0.2) is 39.1 Å². The molecule has 1 amide bonds. The minimum Gasteiger partial charge on any atom is -0.383 e. The fourth-order valence-corrected chi connectivity index (χ4v) is 4.88. The minimum atomic E-state index is -0.213. The second-order valence-corrected chi connectivity index (χ2v) is 7.80. The maximum atomic E-state index is 12.8. The van der Waals surface area contributed by atoms with Gasteiger partial charge in [0.25, 0.3) is 0 Å². The van der Waals surface area contributed by atoms with Gasteiger partial charge >= 0.3 is 0 Å². The number of benzene rings is 1. The van der Waals surface area contributed by atoms with Crippen LogP contribution >= 0.6 is 11.8 Å². The van der Waals surface area contributed by atoms with Gasteiger partial charge in [-0.2, -0.15) is 5.26 Å². The van der Waals surface area contributed by atoms with E-state index in [4.69, 9.17) is 0 Å². The second kappa shape index (κ2) is 8.33. The molecule has 3 atom stereocenters. The third kappa shape index (κ3) is 3.88. The maximum absolute atomic E-state index is 12.8. The van der Waals surface area contributed by atoms with E-state index < -0.39 is 0 Å². The van der Waals surface area contributed by atoms with E-state index in [0.29, 0.717) is 19.5 Å². The molecule has 0 spiro atoms. The van der Waals surface area contributed by atoms with Gasteiger partial charge in [-0.15, -0.1) is 11.8 Å². The van der Waals surface area contributed by atoms with Crippen molar-refractivity contribution < 1.29 is 4.79 Å². The van der Waals surface area contributed by atoms with Gasteiger partial charge in [0.05, 0.1) is 17.4 Å². The molecule has 2 heterocycles. The maximum Gasteiger partial charge on any atom is 0.238 e. The molecule has 0 bridgehead atoms. The van der Waals surface area contributed by atoms with Crippen molar-refractivity contribution in [3.05, 3.63) is 54.4 Å². The summed E-state index contributed by atoms with van der Waals surface area (Å²) in [4.78, 5) is 14.7. The Kier molecular flexibility index (Phi) is 5.89. The number of nitriles is 1. The molecule has 26 heavy (non-hydrogen) atoms. The number of hydrogen-bond donors (Lipinski definition) is 1.